The SMILES string of the molecule is CCc1c(CC(C)C(C)C)sc2c1C=CCC2. The summed E-state index contributed by atoms with van der Waals surface area (Å²) in [6.45, 7) is 9.36. The van der Waals surface area contributed by atoms with Gasteiger partial charge in [0.15, 0.2) is 0 Å². The molecule has 17 heavy (non-hydrogen) atoms. The van der Waals surface area contributed by atoms with E-state index in [9.17, 15) is 0 Å². The maximum Gasteiger partial charge on any atom is 0.0126 e. The molecule has 94 valence electrons. The minimum absolute atomic E-state index is 0.786. The molecule has 0 radical (unpaired) electrons. The van der Waals surface area contributed by atoms with Gasteiger partial charge in [-0.2, -0.15) is 0 Å². The van der Waals surface area contributed by atoms with Crippen LogP contribution in [0.25, 0.3) is 6.08 Å². The topological polar surface area (TPSA) is 0 Å². The lowest BCUT2D eigenvalue weighted by Crippen LogP contribution is -2.07. The van der Waals surface area contributed by atoms with Gasteiger partial charge in [0.1, 0.15) is 0 Å². The quantitative estimate of drug-likeness (QED) is 0.695. The van der Waals surface area contributed by atoms with E-state index in [1.807, 2.05) is 0 Å². The Morgan fingerprint density at radius 2 is 2.06 bits per heavy atom. The van der Waals surface area contributed by atoms with E-state index in [1.165, 1.54) is 25.7 Å². The van der Waals surface area contributed by atoms with Crippen molar-refractivity contribution in [2.75, 3.05) is 0 Å². The Morgan fingerprint density at radius 3 is 2.71 bits per heavy atom. The first-order valence-corrected chi connectivity index (χ1v) is 7.75. The molecule has 0 spiro atoms. The van der Waals surface area contributed by atoms with Gasteiger partial charge < -0.3 is 0 Å². The fraction of sp³-hybridized carbons (Fsp3) is 0.625. The van der Waals surface area contributed by atoms with Gasteiger partial charge >= 0.3 is 0 Å². The molecule has 1 atom stereocenters. The first-order chi connectivity index (χ1) is 8.13. The molecule has 0 saturated carbocycles. The first-order valence-electron chi connectivity index (χ1n) is 6.93. The molecule has 2 rings (SSSR count). The van der Waals surface area contributed by atoms with Crippen LogP contribution in [0.3, 0.4) is 0 Å². The summed E-state index contributed by atoms with van der Waals surface area (Å²) in [6.07, 6.45) is 9.65. The van der Waals surface area contributed by atoms with Crippen molar-refractivity contribution in [3.63, 3.8) is 0 Å². The van der Waals surface area contributed by atoms with E-state index in [4.69, 9.17) is 0 Å². The number of fused-ring (bicyclic) bond motifs is 1. The average molecular weight is 248 g/mol. The predicted molar refractivity (Wildman–Crippen MR) is 78.8 cm³/mol. The van der Waals surface area contributed by atoms with Gasteiger partial charge in [0, 0.05) is 9.75 Å². The second kappa shape index (κ2) is 5.39. The summed E-state index contributed by atoms with van der Waals surface area (Å²) < 4.78 is 0. The fourth-order valence-electron chi connectivity index (χ4n) is 2.46. The van der Waals surface area contributed by atoms with Crippen molar-refractivity contribution in [1.82, 2.24) is 0 Å². The molecular formula is C16H24S. The minimum Gasteiger partial charge on any atom is -0.144 e. The van der Waals surface area contributed by atoms with Crippen LogP contribution in [0.5, 0.6) is 0 Å². The normalized spacial score (nSPS) is 16.3. The van der Waals surface area contributed by atoms with Crippen LogP contribution in [-0.4, -0.2) is 0 Å². The lowest BCUT2D eigenvalue weighted by atomic mass is 9.91. The summed E-state index contributed by atoms with van der Waals surface area (Å²) in [7, 11) is 0. The van der Waals surface area contributed by atoms with E-state index in [2.05, 4.69) is 51.2 Å². The monoisotopic (exact) mass is 248 g/mol. The smallest absolute Gasteiger partial charge is 0.0126 e. The van der Waals surface area contributed by atoms with E-state index in [1.54, 1.807) is 20.9 Å². The molecule has 1 heterocycles. The molecule has 1 aliphatic rings. The van der Waals surface area contributed by atoms with Crippen LogP contribution in [0, 0.1) is 11.8 Å². The summed E-state index contributed by atoms with van der Waals surface area (Å²) in [5, 5.41) is 0. The second-order valence-corrected chi connectivity index (χ2v) is 6.75. The summed E-state index contributed by atoms with van der Waals surface area (Å²) in [6, 6.07) is 0. The van der Waals surface area contributed by atoms with Gasteiger partial charge in [-0.15, -0.1) is 11.3 Å². The van der Waals surface area contributed by atoms with Crippen molar-refractivity contribution < 1.29 is 0 Å². The van der Waals surface area contributed by atoms with Crippen LogP contribution in [0.15, 0.2) is 6.08 Å². The van der Waals surface area contributed by atoms with Crippen molar-refractivity contribution in [3.8, 4) is 0 Å². The van der Waals surface area contributed by atoms with Gasteiger partial charge in [-0.1, -0.05) is 39.8 Å². The van der Waals surface area contributed by atoms with E-state index in [0.29, 0.717) is 0 Å². The van der Waals surface area contributed by atoms with Crippen LogP contribution in [0.1, 0.15) is 55.0 Å². The maximum atomic E-state index is 2.39. The highest BCUT2D eigenvalue weighted by Crippen LogP contribution is 2.36. The van der Waals surface area contributed by atoms with Crippen LogP contribution >= 0.6 is 11.3 Å². The fourth-order valence-corrected chi connectivity index (χ4v) is 4.00. The van der Waals surface area contributed by atoms with Gasteiger partial charge in [-0.3, -0.25) is 0 Å². The van der Waals surface area contributed by atoms with Crippen LogP contribution in [0.2, 0.25) is 0 Å². The van der Waals surface area contributed by atoms with Crippen LogP contribution < -0.4 is 0 Å². The molecule has 0 N–H and O–H groups in total. The Labute approximate surface area is 110 Å². The zero-order valence-electron chi connectivity index (χ0n) is 11.5. The highest BCUT2D eigenvalue weighted by atomic mass is 32.1. The summed E-state index contributed by atoms with van der Waals surface area (Å²) in [5.74, 6) is 1.58. The Kier molecular flexibility index (Phi) is 4.09. The Morgan fingerprint density at radius 1 is 1.29 bits per heavy atom. The van der Waals surface area contributed by atoms with Crippen molar-refractivity contribution in [3.05, 3.63) is 27.0 Å². The van der Waals surface area contributed by atoms with Crippen LogP contribution in [0.4, 0.5) is 0 Å². The number of thiophene rings is 1. The van der Waals surface area contributed by atoms with Crippen molar-refractivity contribution in [2.45, 2.75) is 53.4 Å². The third kappa shape index (κ3) is 2.65. The Balaban J connectivity index is 2.28. The molecule has 0 aromatic carbocycles. The van der Waals surface area contributed by atoms with Gasteiger partial charge in [0.05, 0.1) is 0 Å². The highest BCUT2D eigenvalue weighted by molar-refractivity contribution is 7.12. The number of hydrogen-bond acceptors (Lipinski definition) is 1. The minimum atomic E-state index is 0.786. The predicted octanol–water partition coefficient (Wildman–Crippen LogP) is 5.10. The van der Waals surface area contributed by atoms with Gasteiger partial charge in [0.25, 0.3) is 0 Å². The highest BCUT2D eigenvalue weighted by Gasteiger charge is 2.19. The molecule has 1 aromatic heterocycles. The molecule has 0 fully saturated rings. The molecule has 1 aromatic rings. The second-order valence-electron chi connectivity index (χ2n) is 5.56. The van der Waals surface area contributed by atoms with Crippen molar-refractivity contribution >= 4 is 17.4 Å². The molecular weight excluding hydrogens is 224 g/mol. The Bertz CT molecular complexity index is 409. The zero-order chi connectivity index (χ0) is 12.4. The summed E-state index contributed by atoms with van der Waals surface area (Å²) >= 11 is 2.08. The number of aryl methyl sites for hydroxylation is 1. The molecule has 1 heteroatoms. The zero-order valence-corrected chi connectivity index (χ0v) is 12.4. The molecule has 0 amide bonds. The van der Waals surface area contributed by atoms with Gasteiger partial charge in [0.2, 0.25) is 0 Å². The molecule has 0 aliphatic heterocycles. The average Bonchev–Trinajstić information content (AvgIpc) is 2.65. The van der Waals surface area contributed by atoms with Crippen LogP contribution in [-0.2, 0) is 19.3 Å². The summed E-state index contributed by atoms with van der Waals surface area (Å²) in [4.78, 5) is 3.29. The third-order valence-corrected chi connectivity index (χ3v) is 5.36. The molecule has 1 unspecified atom stereocenters. The molecule has 1 aliphatic carbocycles. The summed E-state index contributed by atoms with van der Waals surface area (Å²) in [5.41, 5.74) is 3.20. The largest absolute Gasteiger partial charge is 0.144 e. The third-order valence-electron chi connectivity index (χ3n) is 4.03. The van der Waals surface area contributed by atoms with E-state index in [0.717, 1.165) is 11.8 Å². The molecule has 0 bridgehead atoms. The van der Waals surface area contributed by atoms with Gasteiger partial charge in [-0.05, 0) is 48.6 Å². The van der Waals surface area contributed by atoms with E-state index in [-0.39, 0.29) is 0 Å². The number of allylic oxidation sites excluding steroid dienone is 1. The van der Waals surface area contributed by atoms with Gasteiger partial charge in [-0.25, -0.2) is 0 Å². The van der Waals surface area contributed by atoms with E-state index >= 15 is 0 Å². The number of hydrogen-bond donors (Lipinski definition) is 0. The molecule has 0 nitrogen and oxygen atoms in total. The maximum absolute atomic E-state index is 2.39. The lowest BCUT2D eigenvalue weighted by Gasteiger charge is -2.15. The van der Waals surface area contributed by atoms with Crippen molar-refractivity contribution in [1.29, 1.82) is 0 Å². The van der Waals surface area contributed by atoms with E-state index < -0.39 is 0 Å². The Hall–Kier alpha value is -0.560. The molecule has 0 saturated heterocycles. The lowest BCUT2D eigenvalue weighted by molar-refractivity contribution is 0.419. The van der Waals surface area contributed by atoms with Crippen molar-refractivity contribution in [2.24, 2.45) is 11.8 Å². The number of rotatable bonds is 4. The standard InChI is InChI=1S/C16H24S/c1-5-13-14-8-6-7-9-15(14)17-16(13)10-12(4)11(2)3/h6,8,11-12H,5,7,9-10H2,1-4H3. The first kappa shape index (κ1) is 12.9.